The molecular formula is C23H31N7. The maximum absolute atomic E-state index is 4.95. The van der Waals surface area contributed by atoms with Gasteiger partial charge in [0.15, 0.2) is 11.6 Å². The van der Waals surface area contributed by atoms with Gasteiger partial charge < -0.3 is 15.1 Å². The number of benzene rings is 1. The molecule has 4 rings (SSSR count). The lowest BCUT2D eigenvalue weighted by Crippen LogP contribution is -2.44. The lowest BCUT2D eigenvalue weighted by molar-refractivity contribution is 0.312. The molecule has 1 saturated heterocycles. The zero-order valence-corrected chi connectivity index (χ0v) is 18.5. The van der Waals surface area contributed by atoms with Crippen LogP contribution in [0.4, 0.5) is 17.5 Å². The van der Waals surface area contributed by atoms with Crippen LogP contribution in [0.25, 0.3) is 11.4 Å². The number of piperazine rings is 1. The van der Waals surface area contributed by atoms with Crippen LogP contribution in [0.2, 0.25) is 0 Å². The molecule has 0 radical (unpaired) electrons. The highest BCUT2D eigenvalue weighted by molar-refractivity contribution is 5.65. The Bertz CT molecular complexity index is 1010. The Morgan fingerprint density at radius 3 is 2.40 bits per heavy atom. The third-order valence-electron chi connectivity index (χ3n) is 5.49. The van der Waals surface area contributed by atoms with Crippen LogP contribution in [0.5, 0.6) is 0 Å². The number of likely N-dealkylation sites (N-methyl/N-ethyl adjacent to an activating group) is 1. The first-order valence-corrected chi connectivity index (χ1v) is 10.5. The van der Waals surface area contributed by atoms with E-state index in [0.717, 1.165) is 60.7 Å². The molecule has 3 aromatic rings. The number of aryl methyl sites for hydroxylation is 1. The van der Waals surface area contributed by atoms with Gasteiger partial charge in [0, 0.05) is 49.6 Å². The van der Waals surface area contributed by atoms with E-state index in [4.69, 9.17) is 9.97 Å². The number of anilines is 3. The van der Waals surface area contributed by atoms with Gasteiger partial charge in [0.1, 0.15) is 11.6 Å². The normalized spacial score (nSPS) is 15.4. The second-order valence-electron chi connectivity index (χ2n) is 9.12. The van der Waals surface area contributed by atoms with E-state index in [-0.39, 0.29) is 5.41 Å². The Labute approximate surface area is 178 Å². The molecule has 0 spiro atoms. The summed E-state index contributed by atoms with van der Waals surface area (Å²) < 4.78 is 0. The van der Waals surface area contributed by atoms with E-state index in [9.17, 15) is 0 Å². The molecular weight excluding hydrogens is 374 g/mol. The standard InChI is InChI=1S/C23H31N7/c1-16-13-20(28-27-16)24-19-15-21(30-11-9-29(5)10-12-30)26-22(25-19)17-7-6-8-18(14-17)23(2,3)4/h6-8,13-15H,9-12H2,1-5H3,(H2,24,25,26,27,28). The van der Waals surface area contributed by atoms with Gasteiger partial charge in [0.2, 0.25) is 0 Å². The number of aromatic amines is 1. The molecule has 0 atom stereocenters. The van der Waals surface area contributed by atoms with Crippen molar-refractivity contribution in [2.24, 2.45) is 0 Å². The zero-order valence-electron chi connectivity index (χ0n) is 18.5. The quantitative estimate of drug-likeness (QED) is 0.684. The highest BCUT2D eigenvalue weighted by Crippen LogP contribution is 2.29. The van der Waals surface area contributed by atoms with Crippen molar-refractivity contribution < 1.29 is 0 Å². The molecule has 0 unspecified atom stereocenters. The first kappa shape index (κ1) is 20.3. The van der Waals surface area contributed by atoms with Gasteiger partial charge in [-0.05, 0) is 31.0 Å². The molecule has 2 N–H and O–H groups in total. The van der Waals surface area contributed by atoms with Crippen molar-refractivity contribution in [2.75, 3.05) is 43.4 Å². The van der Waals surface area contributed by atoms with Crippen LogP contribution in [-0.2, 0) is 5.41 Å². The van der Waals surface area contributed by atoms with E-state index in [1.807, 2.05) is 19.1 Å². The topological polar surface area (TPSA) is 73.0 Å². The highest BCUT2D eigenvalue weighted by atomic mass is 15.3. The largest absolute Gasteiger partial charge is 0.354 e. The fourth-order valence-corrected chi connectivity index (χ4v) is 3.56. The first-order valence-electron chi connectivity index (χ1n) is 10.5. The van der Waals surface area contributed by atoms with E-state index in [1.54, 1.807) is 0 Å². The predicted octanol–water partition coefficient (Wildman–Crippen LogP) is 3.97. The summed E-state index contributed by atoms with van der Waals surface area (Å²) in [5, 5.41) is 10.6. The second-order valence-corrected chi connectivity index (χ2v) is 9.12. The Balaban J connectivity index is 1.73. The fraction of sp³-hybridized carbons (Fsp3) is 0.435. The van der Waals surface area contributed by atoms with Crippen molar-refractivity contribution in [2.45, 2.75) is 33.1 Å². The molecule has 0 saturated carbocycles. The smallest absolute Gasteiger partial charge is 0.163 e. The SMILES string of the molecule is Cc1cc(Nc2cc(N3CCN(C)CC3)nc(-c3cccc(C(C)(C)C)c3)n2)n[nH]1. The van der Waals surface area contributed by atoms with Gasteiger partial charge in [-0.2, -0.15) is 5.10 Å². The van der Waals surface area contributed by atoms with Gasteiger partial charge in [-0.3, -0.25) is 5.10 Å². The molecule has 7 nitrogen and oxygen atoms in total. The summed E-state index contributed by atoms with van der Waals surface area (Å²) in [6.07, 6.45) is 0. The molecule has 30 heavy (non-hydrogen) atoms. The molecule has 1 fully saturated rings. The second kappa shape index (κ2) is 8.07. The summed E-state index contributed by atoms with van der Waals surface area (Å²) >= 11 is 0. The van der Waals surface area contributed by atoms with E-state index >= 15 is 0 Å². The Kier molecular flexibility index (Phi) is 5.47. The maximum Gasteiger partial charge on any atom is 0.163 e. The molecule has 0 amide bonds. The van der Waals surface area contributed by atoms with E-state index in [2.05, 4.69) is 77.4 Å². The van der Waals surface area contributed by atoms with Crippen molar-refractivity contribution in [1.29, 1.82) is 0 Å². The van der Waals surface area contributed by atoms with Crippen LogP contribution >= 0.6 is 0 Å². The zero-order chi connectivity index (χ0) is 21.3. The number of aromatic nitrogens is 4. The maximum atomic E-state index is 4.95. The number of hydrogen-bond acceptors (Lipinski definition) is 6. The molecule has 2 aromatic heterocycles. The van der Waals surface area contributed by atoms with Crippen LogP contribution < -0.4 is 10.2 Å². The molecule has 0 bridgehead atoms. The minimum Gasteiger partial charge on any atom is -0.354 e. The van der Waals surface area contributed by atoms with Crippen LogP contribution in [0.1, 0.15) is 32.0 Å². The van der Waals surface area contributed by atoms with Crippen molar-refractivity contribution in [3.8, 4) is 11.4 Å². The van der Waals surface area contributed by atoms with Crippen LogP contribution in [0, 0.1) is 6.92 Å². The molecule has 158 valence electrons. The van der Waals surface area contributed by atoms with Gasteiger partial charge in [-0.1, -0.05) is 39.0 Å². The number of rotatable bonds is 4. The molecule has 1 aromatic carbocycles. The van der Waals surface area contributed by atoms with E-state index in [1.165, 1.54) is 5.56 Å². The van der Waals surface area contributed by atoms with Crippen molar-refractivity contribution in [1.82, 2.24) is 25.1 Å². The number of nitrogens with one attached hydrogen (secondary N) is 2. The number of H-pyrrole nitrogens is 1. The van der Waals surface area contributed by atoms with Crippen molar-refractivity contribution >= 4 is 17.5 Å². The summed E-state index contributed by atoms with van der Waals surface area (Å²) in [5.74, 6) is 3.18. The van der Waals surface area contributed by atoms with E-state index < -0.39 is 0 Å². The number of nitrogens with zero attached hydrogens (tertiary/aromatic N) is 5. The third kappa shape index (κ3) is 4.62. The van der Waals surface area contributed by atoms with E-state index in [0.29, 0.717) is 0 Å². The van der Waals surface area contributed by atoms with Crippen LogP contribution in [-0.4, -0.2) is 58.3 Å². The van der Waals surface area contributed by atoms with Crippen molar-refractivity contribution in [3.63, 3.8) is 0 Å². The Morgan fingerprint density at radius 1 is 0.967 bits per heavy atom. The highest BCUT2D eigenvalue weighted by Gasteiger charge is 2.19. The van der Waals surface area contributed by atoms with Crippen LogP contribution in [0.15, 0.2) is 36.4 Å². The monoisotopic (exact) mass is 405 g/mol. The number of hydrogen-bond donors (Lipinski definition) is 2. The van der Waals surface area contributed by atoms with Gasteiger partial charge in [-0.25, -0.2) is 9.97 Å². The fourth-order valence-electron chi connectivity index (χ4n) is 3.56. The molecule has 1 aliphatic rings. The van der Waals surface area contributed by atoms with Gasteiger partial charge in [-0.15, -0.1) is 0 Å². The first-order chi connectivity index (χ1) is 14.3. The minimum absolute atomic E-state index is 0.0682. The molecule has 3 heterocycles. The average molecular weight is 406 g/mol. The predicted molar refractivity (Wildman–Crippen MR) is 122 cm³/mol. The average Bonchev–Trinajstić information content (AvgIpc) is 3.12. The summed E-state index contributed by atoms with van der Waals surface area (Å²) in [6.45, 7) is 12.6. The van der Waals surface area contributed by atoms with Gasteiger partial charge in [0.05, 0.1) is 0 Å². The van der Waals surface area contributed by atoms with Crippen LogP contribution in [0.3, 0.4) is 0 Å². The summed E-state index contributed by atoms with van der Waals surface area (Å²) in [6, 6.07) is 12.5. The lowest BCUT2D eigenvalue weighted by Gasteiger charge is -2.33. The summed E-state index contributed by atoms with van der Waals surface area (Å²) in [4.78, 5) is 14.5. The minimum atomic E-state index is 0.0682. The van der Waals surface area contributed by atoms with Gasteiger partial charge >= 0.3 is 0 Å². The lowest BCUT2D eigenvalue weighted by atomic mass is 9.86. The summed E-state index contributed by atoms with van der Waals surface area (Å²) in [7, 11) is 2.16. The third-order valence-corrected chi connectivity index (χ3v) is 5.49. The van der Waals surface area contributed by atoms with Crippen molar-refractivity contribution in [3.05, 3.63) is 47.7 Å². The Morgan fingerprint density at radius 2 is 1.73 bits per heavy atom. The molecule has 7 heteroatoms. The Hall–Kier alpha value is -2.93. The molecule has 0 aliphatic carbocycles. The molecule has 1 aliphatic heterocycles. The van der Waals surface area contributed by atoms with Gasteiger partial charge in [0.25, 0.3) is 0 Å². The summed E-state index contributed by atoms with van der Waals surface area (Å²) in [5.41, 5.74) is 3.37.